The van der Waals surface area contributed by atoms with Crippen molar-refractivity contribution in [2.24, 2.45) is 5.92 Å². The summed E-state index contributed by atoms with van der Waals surface area (Å²) in [7, 11) is 0. The van der Waals surface area contributed by atoms with Crippen molar-refractivity contribution in [1.82, 2.24) is 4.90 Å². The number of likely N-dealkylation sites (tertiary alicyclic amines) is 1. The Kier molecular flexibility index (Phi) is 9.45. The minimum absolute atomic E-state index is 0.938. The van der Waals surface area contributed by atoms with Gasteiger partial charge in [-0.25, -0.2) is 0 Å². The van der Waals surface area contributed by atoms with E-state index in [0.29, 0.717) is 0 Å². The van der Waals surface area contributed by atoms with Crippen molar-refractivity contribution >= 4 is 15.9 Å². The van der Waals surface area contributed by atoms with Gasteiger partial charge >= 0.3 is 0 Å². The van der Waals surface area contributed by atoms with Gasteiger partial charge in [-0.1, -0.05) is 55.0 Å². The molecule has 17 heavy (non-hydrogen) atoms. The van der Waals surface area contributed by atoms with Gasteiger partial charge in [0.25, 0.3) is 0 Å². The SMILES string of the molecule is CC1CCCN(CCCCCCCCCBr)C1. The van der Waals surface area contributed by atoms with Gasteiger partial charge in [0.1, 0.15) is 0 Å². The minimum atomic E-state index is 0.938. The molecule has 1 rings (SSSR count). The normalized spacial score (nSPS) is 21.9. The van der Waals surface area contributed by atoms with Crippen LogP contribution >= 0.6 is 15.9 Å². The molecule has 0 N–H and O–H groups in total. The molecule has 1 fully saturated rings. The topological polar surface area (TPSA) is 3.24 Å². The highest BCUT2D eigenvalue weighted by molar-refractivity contribution is 9.09. The van der Waals surface area contributed by atoms with Crippen LogP contribution in [0.3, 0.4) is 0 Å². The van der Waals surface area contributed by atoms with Crippen LogP contribution in [-0.2, 0) is 0 Å². The van der Waals surface area contributed by atoms with Crippen molar-refractivity contribution in [1.29, 1.82) is 0 Å². The Bertz CT molecular complexity index is 172. The van der Waals surface area contributed by atoms with Crippen molar-refractivity contribution < 1.29 is 0 Å². The van der Waals surface area contributed by atoms with Crippen molar-refractivity contribution in [2.45, 2.75) is 64.7 Å². The molecule has 0 aromatic carbocycles. The predicted molar refractivity (Wildman–Crippen MR) is 81.0 cm³/mol. The quantitative estimate of drug-likeness (QED) is 0.435. The molecule has 1 nitrogen and oxygen atoms in total. The molecule has 1 saturated heterocycles. The highest BCUT2D eigenvalue weighted by atomic mass is 79.9. The van der Waals surface area contributed by atoms with Gasteiger partial charge in [-0.2, -0.15) is 0 Å². The zero-order chi connectivity index (χ0) is 12.3. The van der Waals surface area contributed by atoms with E-state index in [-0.39, 0.29) is 0 Å². The van der Waals surface area contributed by atoms with E-state index in [2.05, 4.69) is 27.8 Å². The summed E-state index contributed by atoms with van der Waals surface area (Å²) in [5.41, 5.74) is 0. The van der Waals surface area contributed by atoms with Crippen LogP contribution < -0.4 is 0 Å². The summed E-state index contributed by atoms with van der Waals surface area (Å²) >= 11 is 3.49. The lowest BCUT2D eigenvalue weighted by Gasteiger charge is -2.30. The molecule has 0 saturated carbocycles. The fourth-order valence-electron chi connectivity index (χ4n) is 2.80. The van der Waals surface area contributed by atoms with Crippen LogP contribution in [-0.4, -0.2) is 29.9 Å². The largest absolute Gasteiger partial charge is 0.303 e. The second-order valence-electron chi connectivity index (χ2n) is 5.71. The first-order valence-electron chi connectivity index (χ1n) is 7.61. The zero-order valence-electron chi connectivity index (χ0n) is 11.6. The van der Waals surface area contributed by atoms with Gasteiger partial charge in [0, 0.05) is 11.9 Å². The third-order valence-electron chi connectivity index (χ3n) is 3.85. The molecule has 0 aromatic rings. The molecule has 0 bridgehead atoms. The van der Waals surface area contributed by atoms with Crippen molar-refractivity contribution in [3.8, 4) is 0 Å². The zero-order valence-corrected chi connectivity index (χ0v) is 13.2. The lowest BCUT2D eigenvalue weighted by atomic mass is 10.00. The van der Waals surface area contributed by atoms with E-state index < -0.39 is 0 Å². The van der Waals surface area contributed by atoms with Crippen molar-refractivity contribution in [3.63, 3.8) is 0 Å². The van der Waals surface area contributed by atoms with Crippen LogP contribution in [0.2, 0.25) is 0 Å². The first kappa shape index (κ1) is 15.5. The van der Waals surface area contributed by atoms with E-state index in [9.17, 15) is 0 Å². The predicted octanol–water partition coefficient (Wildman–Crippen LogP) is 4.84. The summed E-state index contributed by atoms with van der Waals surface area (Å²) in [6, 6.07) is 0. The second-order valence-corrected chi connectivity index (χ2v) is 6.50. The highest BCUT2D eigenvalue weighted by Crippen LogP contribution is 2.16. The molecule has 102 valence electrons. The number of alkyl halides is 1. The smallest absolute Gasteiger partial charge is 0.00313 e. The van der Waals surface area contributed by atoms with Gasteiger partial charge < -0.3 is 4.90 Å². The molecule has 1 aliphatic rings. The van der Waals surface area contributed by atoms with Gasteiger partial charge in [-0.3, -0.25) is 0 Å². The van der Waals surface area contributed by atoms with E-state index in [1.54, 1.807) is 0 Å². The van der Waals surface area contributed by atoms with E-state index in [4.69, 9.17) is 0 Å². The van der Waals surface area contributed by atoms with Crippen molar-refractivity contribution in [2.75, 3.05) is 25.0 Å². The molecule has 2 heteroatoms. The average Bonchev–Trinajstić information content (AvgIpc) is 2.33. The summed E-state index contributed by atoms with van der Waals surface area (Å²) in [5, 5.41) is 1.18. The van der Waals surface area contributed by atoms with Crippen LogP contribution in [0.4, 0.5) is 0 Å². The Morgan fingerprint density at radius 1 is 1.00 bits per heavy atom. The van der Waals surface area contributed by atoms with E-state index in [1.807, 2.05) is 0 Å². The summed E-state index contributed by atoms with van der Waals surface area (Å²) in [6.45, 7) is 6.46. The lowest BCUT2D eigenvalue weighted by Crippen LogP contribution is -2.34. The number of rotatable bonds is 9. The monoisotopic (exact) mass is 303 g/mol. The number of hydrogen-bond donors (Lipinski definition) is 0. The maximum Gasteiger partial charge on any atom is 0.00313 e. The Labute approximate surface area is 116 Å². The lowest BCUT2D eigenvalue weighted by molar-refractivity contribution is 0.180. The fraction of sp³-hybridized carbons (Fsp3) is 1.00. The van der Waals surface area contributed by atoms with E-state index >= 15 is 0 Å². The first-order valence-corrected chi connectivity index (χ1v) is 8.73. The molecule has 0 aromatic heterocycles. The molecule has 1 unspecified atom stereocenters. The molecule has 1 aliphatic heterocycles. The van der Waals surface area contributed by atoms with Crippen LogP contribution in [0.15, 0.2) is 0 Å². The minimum Gasteiger partial charge on any atom is -0.303 e. The molecule has 0 radical (unpaired) electrons. The van der Waals surface area contributed by atoms with Crippen LogP contribution in [0.1, 0.15) is 64.7 Å². The maximum atomic E-state index is 3.49. The number of halogens is 1. The van der Waals surface area contributed by atoms with E-state index in [0.717, 1.165) is 5.92 Å². The summed E-state index contributed by atoms with van der Waals surface area (Å²) in [6.07, 6.45) is 12.8. The Hall–Kier alpha value is 0.440. The molecular weight excluding hydrogens is 274 g/mol. The van der Waals surface area contributed by atoms with Gasteiger partial charge in [0.05, 0.1) is 0 Å². The molecule has 1 heterocycles. The van der Waals surface area contributed by atoms with Gasteiger partial charge in [0.2, 0.25) is 0 Å². The standard InChI is InChI=1S/C15H30BrN/c1-15-10-9-13-17(14-15)12-8-6-4-2-3-5-7-11-16/h15H,2-14H2,1H3. The Morgan fingerprint density at radius 3 is 2.29 bits per heavy atom. The van der Waals surface area contributed by atoms with Crippen molar-refractivity contribution in [3.05, 3.63) is 0 Å². The van der Waals surface area contributed by atoms with Gasteiger partial charge in [0.15, 0.2) is 0 Å². The molecular formula is C15H30BrN. The number of unbranched alkanes of at least 4 members (excludes halogenated alkanes) is 6. The number of nitrogens with zero attached hydrogens (tertiary/aromatic N) is 1. The maximum absolute atomic E-state index is 3.49. The van der Waals surface area contributed by atoms with Gasteiger partial charge in [-0.05, 0) is 44.7 Å². The third kappa shape index (κ3) is 8.20. The Morgan fingerprint density at radius 2 is 1.65 bits per heavy atom. The number of piperidine rings is 1. The Balaban J connectivity index is 1.83. The average molecular weight is 304 g/mol. The molecule has 0 spiro atoms. The third-order valence-corrected chi connectivity index (χ3v) is 4.41. The molecule has 0 aliphatic carbocycles. The number of hydrogen-bond acceptors (Lipinski definition) is 1. The summed E-state index contributed by atoms with van der Waals surface area (Å²) in [5.74, 6) is 0.938. The summed E-state index contributed by atoms with van der Waals surface area (Å²) < 4.78 is 0. The van der Waals surface area contributed by atoms with E-state index in [1.165, 1.54) is 82.8 Å². The molecule has 1 atom stereocenters. The fourth-order valence-corrected chi connectivity index (χ4v) is 3.20. The molecule has 0 amide bonds. The van der Waals surface area contributed by atoms with Gasteiger partial charge in [-0.15, -0.1) is 0 Å². The van der Waals surface area contributed by atoms with Crippen LogP contribution in [0.5, 0.6) is 0 Å². The van der Waals surface area contributed by atoms with Crippen LogP contribution in [0.25, 0.3) is 0 Å². The summed E-state index contributed by atoms with van der Waals surface area (Å²) in [4.78, 5) is 2.68. The second kappa shape index (κ2) is 10.4. The first-order chi connectivity index (χ1) is 8.33. The van der Waals surface area contributed by atoms with Crippen LogP contribution in [0, 0.1) is 5.92 Å². The highest BCUT2D eigenvalue weighted by Gasteiger charge is 2.14.